The van der Waals surface area contributed by atoms with E-state index in [-0.39, 0.29) is 11.5 Å². The highest BCUT2D eigenvalue weighted by molar-refractivity contribution is 5.66. The lowest BCUT2D eigenvalue weighted by molar-refractivity contribution is 0.235. The van der Waals surface area contributed by atoms with Crippen molar-refractivity contribution < 1.29 is 0 Å². The van der Waals surface area contributed by atoms with Crippen LogP contribution in [0.4, 0.5) is 0 Å². The Bertz CT molecular complexity index is 1080. The van der Waals surface area contributed by atoms with Crippen LogP contribution in [-0.2, 0) is 18.4 Å². The SMILES string of the molecule is CC(c1ncn[nH]1)N1CCC2(CCn3nc(-c4cnc5c(c4)C=CCC5)cc32)C1. The molecular weight excluding hydrogens is 362 g/mol. The molecule has 1 aliphatic carbocycles. The first kappa shape index (κ1) is 17.1. The van der Waals surface area contributed by atoms with Gasteiger partial charge in [0.1, 0.15) is 12.2 Å². The second-order valence-corrected chi connectivity index (χ2v) is 8.64. The van der Waals surface area contributed by atoms with Crippen LogP contribution in [0.5, 0.6) is 0 Å². The monoisotopic (exact) mass is 387 g/mol. The van der Waals surface area contributed by atoms with Crippen molar-refractivity contribution in [2.24, 2.45) is 0 Å². The fraction of sp³-hybridized carbons (Fsp3) is 0.455. The zero-order chi connectivity index (χ0) is 19.4. The van der Waals surface area contributed by atoms with Crippen LogP contribution in [0.1, 0.15) is 55.0 Å². The Balaban J connectivity index is 1.29. The predicted octanol–water partition coefficient (Wildman–Crippen LogP) is 3.13. The summed E-state index contributed by atoms with van der Waals surface area (Å²) in [5.74, 6) is 0.947. The molecular formula is C22H25N7. The number of pyridine rings is 1. The van der Waals surface area contributed by atoms with Crippen molar-refractivity contribution in [3.8, 4) is 11.3 Å². The molecule has 7 nitrogen and oxygen atoms in total. The average molecular weight is 387 g/mol. The van der Waals surface area contributed by atoms with Crippen LogP contribution >= 0.6 is 0 Å². The highest BCUT2D eigenvalue weighted by Crippen LogP contribution is 2.45. The zero-order valence-corrected chi connectivity index (χ0v) is 16.7. The van der Waals surface area contributed by atoms with Gasteiger partial charge in [0, 0.05) is 41.7 Å². The lowest BCUT2D eigenvalue weighted by Crippen LogP contribution is -2.31. The summed E-state index contributed by atoms with van der Waals surface area (Å²) in [4.78, 5) is 11.6. The third-order valence-corrected chi connectivity index (χ3v) is 7.03. The van der Waals surface area contributed by atoms with Gasteiger partial charge in [-0.2, -0.15) is 10.2 Å². The number of aromatic nitrogens is 6. The van der Waals surface area contributed by atoms with Crippen LogP contribution in [0.2, 0.25) is 0 Å². The highest BCUT2D eigenvalue weighted by atomic mass is 15.3. The summed E-state index contributed by atoms with van der Waals surface area (Å²) < 4.78 is 2.23. The van der Waals surface area contributed by atoms with Gasteiger partial charge in [-0.25, -0.2) is 4.98 Å². The van der Waals surface area contributed by atoms with E-state index in [9.17, 15) is 0 Å². The Morgan fingerprint density at radius 2 is 2.10 bits per heavy atom. The summed E-state index contributed by atoms with van der Waals surface area (Å²) in [5, 5.41) is 12.0. The van der Waals surface area contributed by atoms with Crippen LogP contribution in [0, 0.1) is 0 Å². The maximum absolute atomic E-state index is 4.95. The summed E-state index contributed by atoms with van der Waals surface area (Å²) >= 11 is 0. The van der Waals surface area contributed by atoms with Crippen LogP contribution in [0.3, 0.4) is 0 Å². The first-order valence-electron chi connectivity index (χ1n) is 10.6. The van der Waals surface area contributed by atoms with E-state index < -0.39 is 0 Å². The van der Waals surface area contributed by atoms with E-state index in [0.29, 0.717) is 0 Å². The van der Waals surface area contributed by atoms with E-state index in [4.69, 9.17) is 10.1 Å². The van der Waals surface area contributed by atoms with Crippen LogP contribution in [0.25, 0.3) is 17.3 Å². The average Bonchev–Trinajstić information content (AvgIpc) is 3.54. The number of H-pyrrole nitrogens is 1. The molecule has 1 fully saturated rings. The molecule has 7 heteroatoms. The molecule has 3 aromatic rings. The molecule has 1 saturated heterocycles. The van der Waals surface area contributed by atoms with Gasteiger partial charge in [0.15, 0.2) is 0 Å². The fourth-order valence-corrected chi connectivity index (χ4v) is 5.27. The molecule has 6 rings (SSSR count). The number of likely N-dealkylation sites (tertiary alicyclic amines) is 1. The summed E-state index contributed by atoms with van der Waals surface area (Å²) in [6.07, 6.45) is 12.5. The van der Waals surface area contributed by atoms with Gasteiger partial charge in [-0.15, -0.1) is 0 Å². The molecule has 2 unspecified atom stereocenters. The molecule has 0 amide bonds. The summed E-state index contributed by atoms with van der Waals surface area (Å²) in [7, 11) is 0. The van der Waals surface area contributed by atoms with Crippen LogP contribution in [0.15, 0.2) is 30.7 Å². The quantitative estimate of drug-likeness (QED) is 0.747. The maximum Gasteiger partial charge on any atom is 0.141 e. The lowest BCUT2D eigenvalue weighted by Gasteiger charge is -2.26. The van der Waals surface area contributed by atoms with Crippen molar-refractivity contribution in [3.63, 3.8) is 0 Å². The van der Waals surface area contributed by atoms with E-state index in [1.807, 2.05) is 6.20 Å². The van der Waals surface area contributed by atoms with Crippen molar-refractivity contribution in [2.45, 2.75) is 50.6 Å². The number of nitrogens with zero attached hydrogens (tertiary/aromatic N) is 6. The van der Waals surface area contributed by atoms with Crippen LogP contribution < -0.4 is 0 Å². The molecule has 0 saturated carbocycles. The molecule has 0 aromatic carbocycles. The topological polar surface area (TPSA) is 75.5 Å². The first-order chi connectivity index (χ1) is 14.2. The van der Waals surface area contributed by atoms with E-state index in [2.05, 4.69) is 56.0 Å². The van der Waals surface area contributed by atoms with Crippen LogP contribution in [-0.4, -0.2) is 47.9 Å². The number of rotatable bonds is 3. The molecule has 2 atom stereocenters. The molecule has 2 aliphatic heterocycles. The zero-order valence-electron chi connectivity index (χ0n) is 16.7. The van der Waals surface area contributed by atoms with Gasteiger partial charge in [0.05, 0.1) is 11.7 Å². The van der Waals surface area contributed by atoms with Gasteiger partial charge in [0.25, 0.3) is 0 Å². The van der Waals surface area contributed by atoms with E-state index in [0.717, 1.165) is 49.6 Å². The maximum atomic E-state index is 4.95. The third-order valence-electron chi connectivity index (χ3n) is 7.03. The van der Waals surface area contributed by atoms with Gasteiger partial charge in [-0.05, 0) is 56.8 Å². The largest absolute Gasteiger partial charge is 0.293 e. The van der Waals surface area contributed by atoms with E-state index in [1.54, 1.807) is 6.33 Å². The number of aromatic amines is 1. The van der Waals surface area contributed by atoms with Gasteiger partial charge >= 0.3 is 0 Å². The van der Waals surface area contributed by atoms with Crippen molar-refractivity contribution in [1.82, 2.24) is 34.8 Å². The van der Waals surface area contributed by atoms with Gasteiger partial charge in [0.2, 0.25) is 0 Å². The minimum absolute atomic E-state index is 0.196. The fourth-order valence-electron chi connectivity index (χ4n) is 5.27. The first-order valence-corrected chi connectivity index (χ1v) is 10.6. The summed E-state index contributed by atoms with van der Waals surface area (Å²) in [6.45, 7) is 5.33. The molecule has 1 spiro atoms. The number of nitrogens with one attached hydrogen (secondary N) is 1. The standard InChI is InChI=1S/C22H25N7/c1-15(21-24-14-25-26-21)28-8-6-22(13-28)7-9-29-20(22)11-19(27-29)17-10-16-4-2-3-5-18(16)23-12-17/h2,4,10-12,14-15H,3,5-9,13H2,1H3,(H,24,25,26). The van der Waals surface area contributed by atoms with E-state index >= 15 is 0 Å². The van der Waals surface area contributed by atoms with Crippen molar-refractivity contribution >= 4 is 6.08 Å². The number of hydrogen-bond donors (Lipinski definition) is 1. The number of aryl methyl sites for hydroxylation is 2. The van der Waals surface area contributed by atoms with Crippen molar-refractivity contribution in [2.75, 3.05) is 13.1 Å². The minimum Gasteiger partial charge on any atom is -0.293 e. The Labute approximate surface area is 169 Å². The van der Waals surface area contributed by atoms with Gasteiger partial charge < -0.3 is 0 Å². The molecule has 0 bridgehead atoms. The second-order valence-electron chi connectivity index (χ2n) is 8.64. The number of allylic oxidation sites excluding steroid dienone is 1. The summed E-state index contributed by atoms with van der Waals surface area (Å²) in [5.41, 5.74) is 6.19. The lowest BCUT2D eigenvalue weighted by atomic mass is 9.82. The molecule has 148 valence electrons. The summed E-state index contributed by atoms with van der Waals surface area (Å²) in [6, 6.07) is 4.81. The normalized spacial score (nSPS) is 24.2. The molecule has 29 heavy (non-hydrogen) atoms. The minimum atomic E-state index is 0.196. The molecule has 3 aliphatic rings. The smallest absolute Gasteiger partial charge is 0.141 e. The Kier molecular flexibility index (Phi) is 3.74. The van der Waals surface area contributed by atoms with E-state index in [1.165, 1.54) is 29.8 Å². The highest BCUT2D eigenvalue weighted by Gasteiger charge is 2.47. The molecule has 1 N–H and O–H groups in total. The molecule has 0 radical (unpaired) electrons. The number of fused-ring (bicyclic) bond motifs is 3. The van der Waals surface area contributed by atoms with Gasteiger partial charge in [-0.1, -0.05) is 12.2 Å². The van der Waals surface area contributed by atoms with Crippen molar-refractivity contribution in [3.05, 3.63) is 53.5 Å². The number of hydrogen-bond acceptors (Lipinski definition) is 5. The molecule has 5 heterocycles. The second kappa shape index (κ2) is 6.35. The molecule has 3 aromatic heterocycles. The van der Waals surface area contributed by atoms with Gasteiger partial charge in [-0.3, -0.25) is 19.7 Å². The Hall–Kier alpha value is -2.80. The van der Waals surface area contributed by atoms with Crippen molar-refractivity contribution in [1.29, 1.82) is 0 Å². The third kappa shape index (κ3) is 2.68. The Morgan fingerprint density at radius 1 is 1.17 bits per heavy atom. The predicted molar refractivity (Wildman–Crippen MR) is 110 cm³/mol. The Morgan fingerprint density at radius 3 is 3.00 bits per heavy atom.